The van der Waals surface area contributed by atoms with Crippen LogP contribution in [-0.4, -0.2) is 55.6 Å². The van der Waals surface area contributed by atoms with E-state index >= 15 is 0 Å². The number of nitrogens with one attached hydrogen (secondary N) is 1. The maximum atomic E-state index is 12.4. The summed E-state index contributed by atoms with van der Waals surface area (Å²) in [6, 6.07) is 7.30. The molecule has 23 heavy (non-hydrogen) atoms. The van der Waals surface area contributed by atoms with Crippen LogP contribution in [0.25, 0.3) is 0 Å². The van der Waals surface area contributed by atoms with E-state index in [2.05, 4.69) is 10.2 Å². The van der Waals surface area contributed by atoms with Crippen molar-refractivity contribution in [3.8, 4) is 0 Å². The molecule has 0 saturated carbocycles. The maximum Gasteiger partial charge on any atom is 0.241 e. The number of amides is 2. The molecule has 2 amide bonds. The van der Waals surface area contributed by atoms with Gasteiger partial charge in [0.05, 0.1) is 19.3 Å². The quantitative estimate of drug-likeness (QED) is 0.913. The third-order valence-electron chi connectivity index (χ3n) is 4.47. The lowest BCUT2D eigenvalue weighted by molar-refractivity contribution is -0.122. The van der Waals surface area contributed by atoms with Gasteiger partial charge < -0.3 is 15.0 Å². The number of nitrogens with zero attached hydrogens (tertiary/aromatic N) is 2. The molecule has 0 aliphatic carbocycles. The van der Waals surface area contributed by atoms with Crippen LogP contribution in [0.1, 0.15) is 19.8 Å². The minimum absolute atomic E-state index is 0.0307. The first-order chi connectivity index (χ1) is 11.1. The first-order valence-electron chi connectivity index (χ1n) is 8.18. The molecule has 6 nitrogen and oxygen atoms in total. The van der Waals surface area contributed by atoms with E-state index in [4.69, 9.17) is 4.74 Å². The van der Waals surface area contributed by atoms with Gasteiger partial charge in [-0.05, 0) is 31.5 Å². The molecule has 0 aromatic heterocycles. The first-order valence-corrected chi connectivity index (χ1v) is 8.18. The molecule has 2 fully saturated rings. The maximum absolute atomic E-state index is 12.4. The van der Waals surface area contributed by atoms with Crippen molar-refractivity contribution >= 4 is 23.2 Å². The number of rotatable bonds is 4. The van der Waals surface area contributed by atoms with Gasteiger partial charge in [0.25, 0.3) is 0 Å². The van der Waals surface area contributed by atoms with Crippen LogP contribution in [0.2, 0.25) is 0 Å². The molecule has 1 atom stereocenters. The Morgan fingerprint density at radius 1 is 1.26 bits per heavy atom. The zero-order chi connectivity index (χ0) is 16.2. The summed E-state index contributed by atoms with van der Waals surface area (Å²) >= 11 is 0. The second-order valence-electron chi connectivity index (χ2n) is 6.01. The number of carbonyl (C=O) groups excluding carboxylic acids is 2. The van der Waals surface area contributed by atoms with E-state index in [1.807, 2.05) is 31.2 Å². The Bertz CT molecular complexity index is 584. The van der Waals surface area contributed by atoms with Crippen molar-refractivity contribution in [2.24, 2.45) is 0 Å². The third kappa shape index (κ3) is 3.71. The molecule has 2 aliphatic heterocycles. The largest absolute Gasteiger partial charge is 0.379 e. The summed E-state index contributed by atoms with van der Waals surface area (Å²) in [6.07, 6.45) is 1.49. The molecule has 1 aromatic rings. The topological polar surface area (TPSA) is 61.9 Å². The fraction of sp³-hybridized carbons (Fsp3) is 0.529. The monoisotopic (exact) mass is 317 g/mol. The summed E-state index contributed by atoms with van der Waals surface area (Å²) in [5.41, 5.74) is 1.58. The lowest BCUT2D eigenvalue weighted by atomic mass is 10.2. The number of anilines is 2. The molecule has 3 rings (SSSR count). The third-order valence-corrected chi connectivity index (χ3v) is 4.47. The molecule has 1 aromatic carbocycles. The highest BCUT2D eigenvalue weighted by atomic mass is 16.5. The average molecular weight is 317 g/mol. The second kappa shape index (κ2) is 7.10. The molecule has 2 heterocycles. The van der Waals surface area contributed by atoms with Gasteiger partial charge in [-0.3, -0.25) is 14.5 Å². The van der Waals surface area contributed by atoms with Crippen molar-refractivity contribution in [1.82, 2.24) is 4.90 Å². The lowest BCUT2D eigenvalue weighted by Crippen LogP contribution is -2.47. The van der Waals surface area contributed by atoms with Crippen LogP contribution >= 0.6 is 0 Å². The van der Waals surface area contributed by atoms with Crippen LogP contribution in [0.4, 0.5) is 11.4 Å². The Morgan fingerprint density at radius 3 is 2.74 bits per heavy atom. The lowest BCUT2D eigenvalue weighted by Gasteiger charge is -2.31. The van der Waals surface area contributed by atoms with Crippen LogP contribution in [0.5, 0.6) is 0 Å². The summed E-state index contributed by atoms with van der Waals surface area (Å²) in [6.45, 7) is 5.55. The van der Waals surface area contributed by atoms with Crippen LogP contribution in [0.15, 0.2) is 24.3 Å². The van der Waals surface area contributed by atoms with E-state index in [0.717, 1.165) is 37.4 Å². The van der Waals surface area contributed by atoms with Gasteiger partial charge in [0, 0.05) is 37.4 Å². The van der Waals surface area contributed by atoms with Gasteiger partial charge in [-0.2, -0.15) is 0 Å². The van der Waals surface area contributed by atoms with E-state index < -0.39 is 0 Å². The molecular weight excluding hydrogens is 294 g/mol. The molecule has 6 heteroatoms. The van der Waals surface area contributed by atoms with E-state index in [-0.39, 0.29) is 17.9 Å². The molecule has 0 unspecified atom stereocenters. The van der Waals surface area contributed by atoms with Gasteiger partial charge in [-0.15, -0.1) is 0 Å². The van der Waals surface area contributed by atoms with Gasteiger partial charge in [-0.1, -0.05) is 6.07 Å². The van der Waals surface area contributed by atoms with Gasteiger partial charge in [0.2, 0.25) is 11.8 Å². The summed E-state index contributed by atoms with van der Waals surface area (Å²) in [4.78, 5) is 28.2. The number of benzene rings is 1. The Labute approximate surface area is 136 Å². The van der Waals surface area contributed by atoms with Crippen molar-refractivity contribution in [1.29, 1.82) is 0 Å². The van der Waals surface area contributed by atoms with E-state index in [0.29, 0.717) is 19.6 Å². The number of morpholine rings is 1. The summed E-state index contributed by atoms with van der Waals surface area (Å²) < 4.78 is 5.32. The fourth-order valence-corrected chi connectivity index (χ4v) is 3.05. The smallest absolute Gasteiger partial charge is 0.241 e. The van der Waals surface area contributed by atoms with Gasteiger partial charge in [-0.25, -0.2) is 0 Å². The predicted octanol–water partition coefficient (Wildman–Crippen LogP) is 1.47. The fourth-order valence-electron chi connectivity index (χ4n) is 3.05. The van der Waals surface area contributed by atoms with Crippen molar-refractivity contribution in [2.75, 3.05) is 43.1 Å². The molecule has 0 spiro atoms. The second-order valence-corrected chi connectivity index (χ2v) is 6.01. The Balaban J connectivity index is 1.65. The summed E-state index contributed by atoms with van der Waals surface area (Å²) in [5, 5.41) is 2.96. The predicted molar refractivity (Wildman–Crippen MR) is 88.5 cm³/mol. The van der Waals surface area contributed by atoms with Gasteiger partial charge >= 0.3 is 0 Å². The Hall–Kier alpha value is -1.92. The van der Waals surface area contributed by atoms with E-state index in [9.17, 15) is 9.59 Å². The summed E-state index contributed by atoms with van der Waals surface area (Å²) in [5.74, 6) is 0.118. The Kier molecular flexibility index (Phi) is 4.93. The molecule has 1 N–H and O–H groups in total. The minimum Gasteiger partial charge on any atom is -0.379 e. The van der Waals surface area contributed by atoms with Crippen molar-refractivity contribution in [2.45, 2.75) is 25.8 Å². The number of hydrogen-bond donors (Lipinski definition) is 1. The van der Waals surface area contributed by atoms with Crippen LogP contribution in [0.3, 0.4) is 0 Å². The van der Waals surface area contributed by atoms with Crippen molar-refractivity contribution in [3.63, 3.8) is 0 Å². The van der Waals surface area contributed by atoms with Crippen LogP contribution in [-0.2, 0) is 14.3 Å². The normalized spacial score (nSPS) is 20.6. The Morgan fingerprint density at radius 2 is 2.04 bits per heavy atom. The van der Waals surface area contributed by atoms with Gasteiger partial charge in [0.15, 0.2) is 0 Å². The van der Waals surface area contributed by atoms with Crippen LogP contribution < -0.4 is 10.2 Å². The first kappa shape index (κ1) is 16.0. The number of carbonyl (C=O) groups is 2. The highest BCUT2D eigenvalue weighted by molar-refractivity contribution is 5.98. The number of hydrogen-bond acceptors (Lipinski definition) is 4. The molecule has 2 saturated heterocycles. The molecular formula is C17H23N3O3. The average Bonchev–Trinajstić information content (AvgIpc) is 3.01. The zero-order valence-electron chi connectivity index (χ0n) is 13.5. The highest BCUT2D eigenvalue weighted by Gasteiger charge is 2.24. The molecule has 0 bridgehead atoms. The molecule has 2 aliphatic rings. The zero-order valence-corrected chi connectivity index (χ0v) is 13.5. The minimum atomic E-state index is -0.198. The van der Waals surface area contributed by atoms with E-state index in [1.165, 1.54) is 0 Å². The SMILES string of the molecule is C[C@H](C(=O)Nc1cccc(N2CCCC2=O)c1)N1CCOCC1. The summed E-state index contributed by atoms with van der Waals surface area (Å²) in [7, 11) is 0. The van der Waals surface area contributed by atoms with Crippen molar-refractivity contribution < 1.29 is 14.3 Å². The highest BCUT2D eigenvalue weighted by Crippen LogP contribution is 2.24. The molecule has 124 valence electrons. The standard InChI is InChI=1S/C17H23N3O3/c1-13(19-8-10-23-11-9-19)17(22)18-14-4-2-5-15(12-14)20-7-3-6-16(20)21/h2,4-5,12-13H,3,6-11H2,1H3,(H,18,22)/t13-/m1/s1. The van der Waals surface area contributed by atoms with Gasteiger partial charge in [0.1, 0.15) is 0 Å². The van der Waals surface area contributed by atoms with E-state index in [1.54, 1.807) is 4.90 Å². The number of ether oxygens (including phenoxy) is 1. The molecule has 0 radical (unpaired) electrons. The van der Waals surface area contributed by atoms with Crippen LogP contribution in [0, 0.1) is 0 Å². The van der Waals surface area contributed by atoms with Crippen molar-refractivity contribution in [3.05, 3.63) is 24.3 Å².